The van der Waals surface area contributed by atoms with Gasteiger partial charge in [-0.25, -0.2) is 4.63 Å². The molecule has 1 aromatic heterocycles. The molecule has 0 saturated carbocycles. The van der Waals surface area contributed by atoms with E-state index in [1.807, 2.05) is 6.92 Å². The third-order valence-electron chi connectivity index (χ3n) is 5.26. The molecule has 6 nitrogen and oxygen atoms in total. The van der Waals surface area contributed by atoms with Crippen LogP contribution in [0.4, 0.5) is 0 Å². The lowest BCUT2D eigenvalue weighted by atomic mass is 9.70. The highest BCUT2D eigenvalue weighted by molar-refractivity contribution is 5.05. The monoisotopic (exact) mass is 295 g/mol. The van der Waals surface area contributed by atoms with Crippen LogP contribution in [0.1, 0.15) is 37.6 Å². The summed E-state index contributed by atoms with van der Waals surface area (Å²) in [6.07, 6.45) is 2.78. The lowest BCUT2D eigenvalue weighted by molar-refractivity contribution is -0.131. The van der Waals surface area contributed by atoms with Crippen LogP contribution in [0.3, 0.4) is 0 Å². The van der Waals surface area contributed by atoms with Gasteiger partial charge in [-0.05, 0) is 38.0 Å². The van der Waals surface area contributed by atoms with E-state index in [4.69, 9.17) is 9.37 Å². The van der Waals surface area contributed by atoms with Crippen LogP contribution in [0.5, 0.6) is 0 Å². The maximum atomic E-state index is 11.1. The van der Waals surface area contributed by atoms with Crippen LogP contribution in [-0.4, -0.2) is 52.2 Å². The van der Waals surface area contributed by atoms with Crippen molar-refractivity contribution >= 4 is 0 Å². The van der Waals surface area contributed by atoms with Crippen molar-refractivity contribution in [3.8, 4) is 0 Å². The highest BCUT2D eigenvalue weighted by Gasteiger charge is 2.45. The quantitative estimate of drug-likeness (QED) is 0.908. The minimum absolute atomic E-state index is 0.259. The molecule has 118 valence electrons. The first kappa shape index (κ1) is 14.9. The summed E-state index contributed by atoms with van der Waals surface area (Å²) in [5, 5.41) is 18.9. The van der Waals surface area contributed by atoms with Crippen molar-refractivity contribution in [2.75, 3.05) is 26.3 Å². The van der Waals surface area contributed by atoms with Gasteiger partial charge in [0.2, 0.25) is 0 Å². The van der Waals surface area contributed by atoms with E-state index >= 15 is 0 Å². The van der Waals surface area contributed by atoms with Gasteiger partial charge in [-0.15, -0.1) is 0 Å². The summed E-state index contributed by atoms with van der Waals surface area (Å²) in [6.45, 7) is 8.18. The molecular weight excluding hydrogens is 270 g/mol. The van der Waals surface area contributed by atoms with Crippen LogP contribution in [0.2, 0.25) is 0 Å². The number of aliphatic hydroxyl groups is 1. The fraction of sp³-hybridized carbons (Fsp3) is 0.867. The third kappa shape index (κ3) is 2.98. The maximum Gasteiger partial charge on any atom is 0.122 e. The molecule has 1 N–H and O–H groups in total. The second-order valence-electron chi connectivity index (χ2n) is 6.56. The molecule has 0 bridgehead atoms. The lowest BCUT2D eigenvalue weighted by Crippen LogP contribution is -2.55. The number of hydrogen-bond donors (Lipinski definition) is 1. The Bertz CT molecular complexity index is 472. The topological polar surface area (TPSA) is 71.6 Å². The Morgan fingerprint density at radius 1 is 1.33 bits per heavy atom. The van der Waals surface area contributed by atoms with Crippen LogP contribution in [0.15, 0.2) is 4.63 Å². The summed E-state index contributed by atoms with van der Waals surface area (Å²) in [7, 11) is 0. The first-order valence-corrected chi connectivity index (χ1v) is 7.90. The molecule has 2 atom stereocenters. The third-order valence-corrected chi connectivity index (χ3v) is 5.26. The van der Waals surface area contributed by atoms with Gasteiger partial charge in [-0.3, -0.25) is 4.90 Å². The molecule has 3 rings (SSSR count). The Labute approximate surface area is 125 Å². The average Bonchev–Trinajstić information content (AvgIpc) is 2.89. The van der Waals surface area contributed by atoms with Crippen LogP contribution in [-0.2, 0) is 11.3 Å². The number of nitrogens with zero attached hydrogens (tertiary/aromatic N) is 3. The number of piperidine rings is 1. The van der Waals surface area contributed by atoms with Gasteiger partial charge in [-0.2, -0.15) is 0 Å². The predicted octanol–water partition coefficient (Wildman–Crippen LogP) is 1.38. The summed E-state index contributed by atoms with van der Waals surface area (Å²) in [6, 6.07) is 0. The Morgan fingerprint density at radius 2 is 2.10 bits per heavy atom. The van der Waals surface area contributed by atoms with Gasteiger partial charge in [0.25, 0.3) is 0 Å². The first-order chi connectivity index (χ1) is 10.1. The zero-order chi connectivity index (χ0) is 14.9. The fourth-order valence-electron chi connectivity index (χ4n) is 3.77. The SMILES string of the molecule is Cc1nonc1CN1CC[C@@](O)(C2CCOCC2)[C@H](C)C1. The van der Waals surface area contributed by atoms with E-state index in [9.17, 15) is 5.11 Å². The molecule has 0 amide bonds. The molecule has 2 saturated heterocycles. The number of likely N-dealkylation sites (tertiary alicyclic amines) is 1. The van der Waals surface area contributed by atoms with E-state index < -0.39 is 5.60 Å². The Morgan fingerprint density at radius 3 is 2.71 bits per heavy atom. The Balaban J connectivity index is 1.62. The largest absolute Gasteiger partial charge is 0.389 e. The van der Waals surface area contributed by atoms with Gasteiger partial charge in [0.05, 0.1) is 5.60 Å². The molecule has 2 fully saturated rings. The normalized spacial score (nSPS) is 32.4. The minimum Gasteiger partial charge on any atom is -0.389 e. The molecule has 3 heterocycles. The Kier molecular flexibility index (Phi) is 4.28. The van der Waals surface area contributed by atoms with Crippen LogP contribution < -0.4 is 0 Å². The maximum absolute atomic E-state index is 11.1. The van der Waals surface area contributed by atoms with E-state index in [1.54, 1.807) is 0 Å². The summed E-state index contributed by atoms with van der Waals surface area (Å²) in [5.74, 6) is 0.633. The van der Waals surface area contributed by atoms with Crippen LogP contribution in [0, 0.1) is 18.8 Å². The summed E-state index contributed by atoms with van der Waals surface area (Å²) < 4.78 is 10.2. The highest BCUT2D eigenvalue weighted by Crippen LogP contribution is 2.39. The molecule has 6 heteroatoms. The summed E-state index contributed by atoms with van der Waals surface area (Å²) in [4.78, 5) is 2.34. The van der Waals surface area contributed by atoms with Gasteiger partial charge < -0.3 is 9.84 Å². The lowest BCUT2D eigenvalue weighted by Gasteiger charge is -2.48. The van der Waals surface area contributed by atoms with E-state index in [-0.39, 0.29) is 5.92 Å². The molecule has 1 aromatic rings. The molecule has 0 aliphatic carbocycles. The number of aromatic nitrogens is 2. The van der Waals surface area contributed by atoms with Crippen LogP contribution in [0.25, 0.3) is 0 Å². The molecule has 0 radical (unpaired) electrons. The molecule has 2 aliphatic heterocycles. The molecular formula is C15H25N3O3. The smallest absolute Gasteiger partial charge is 0.122 e. The molecule has 0 spiro atoms. The van der Waals surface area contributed by atoms with Crippen molar-refractivity contribution in [3.05, 3.63) is 11.4 Å². The van der Waals surface area contributed by atoms with Crippen molar-refractivity contribution < 1.29 is 14.5 Å². The molecule has 0 aromatic carbocycles. The van der Waals surface area contributed by atoms with Crippen molar-refractivity contribution in [2.45, 2.75) is 45.3 Å². The first-order valence-electron chi connectivity index (χ1n) is 7.90. The van der Waals surface area contributed by atoms with Gasteiger partial charge in [0, 0.05) is 32.8 Å². The van der Waals surface area contributed by atoms with Crippen molar-refractivity contribution in [2.24, 2.45) is 11.8 Å². The standard InChI is InChI=1S/C15H25N3O3/c1-11-9-18(10-14-12(2)16-21-17-14)6-5-15(11,19)13-3-7-20-8-4-13/h11,13,19H,3-10H2,1-2H3/t11-,15+/m1/s1. The number of aryl methyl sites for hydroxylation is 1. The van der Waals surface area contributed by atoms with Gasteiger partial charge >= 0.3 is 0 Å². The zero-order valence-corrected chi connectivity index (χ0v) is 12.9. The number of rotatable bonds is 3. The van der Waals surface area contributed by atoms with Gasteiger partial charge in [-0.1, -0.05) is 17.2 Å². The van der Waals surface area contributed by atoms with Gasteiger partial charge in [0.15, 0.2) is 0 Å². The van der Waals surface area contributed by atoms with E-state index in [0.29, 0.717) is 5.92 Å². The summed E-state index contributed by atoms with van der Waals surface area (Å²) >= 11 is 0. The van der Waals surface area contributed by atoms with E-state index in [2.05, 4.69) is 22.1 Å². The van der Waals surface area contributed by atoms with Gasteiger partial charge in [0.1, 0.15) is 11.4 Å². The molecule has 2 aliphatic rings. The van der Waals surface area contributed by atoms with E-state index in [1.165, 1.54) is 0 Å². The van der Waals surface area contributed by atoms with Crippen molar-refractivity contribution in [3.63, 3.8) is 0 Å². The number of ether oxygens (including phenoxy) is 1. The summed E-state index contributed by atoms with van der Waals surface area (Å²) in [5.41, 5.74) is 1.21. The second-order valence-corrected chi connectivity index (χ2v) is 6.56. The highest BCUT2D eigenvalue weighted by atomic mass is 16.6. The predicted molar refractivity (Wildman–Crippen MR) is 76.6 cm³/mol. The average molecular weight is 295 g/mol. The van der Waals surface area contributed by atoms with E-state index in [0.717, 1.165) is 63.5 Å². The van der Waals surface area contributed by atoms with Crippen molar-refractivity contribution in [1.82, 2.24) is 15.2 Å². The van der Waals surface area contributed by atoms with Crippen LogP contribution >= 0.6 is 0 Å². The zero-order valence-electron chi connectivity index (χ0n) is 12.9. The minimum atomic E-state index is -0.544. The number of hydrogen-bond acceptors (Lipinski definition) is 6. The second kappa shape index (κ2) is 6.02. The van der Waals surface area contributed by atoms with Crippen molar-refractivity contribution in [1.29, 1.82) is 0 Å². The Hall–Kier alpha value is -0.980. The molecule has 21 heavy (non-hydrogen) atoms. The molecule has 0 unspecified atom stereocenters. The fourth-order valence-corrected chi connectivity index (χ4v) is 3.77.